The van der Waals surface area contributed by atoms with Gasteiger partial charge in [-0.1, -0.05) is 179 Å². The number of rotatable bonds is 37. The molecule has 0 aliphatic carbocycles. The van der Waals surface area contributed by atoms with E-state index in [2.05, 4.69) is 43.5 Å². The first-order chi connectivity index (χ1) is 27.3. The number of allylic oxidation sites excluding steroid dienone is 5. The van der Waals surface area contributed by atoms with Crippen molar-refractivity contribution in [1.82, 2.24) is 5.32 Å². The van der Waals surface area contributed by atoms with Gasteiger partial charge < -0.3 is 45.4 Å². The Bertz CT molecular complexity index is 990. The van der Waals surface area contributed by atoms with E-state index in [0.29, 0.717) is 19.3 Å². The van der Waals surface area contributed by atoms with Crippen LogP contribution < -0.4 is 5.32 Å². The molecule has 1 saturated heterocycles. The molecule has 1 aliphatic heterocycles. The fraction of sp³-hybridized carbons (Fsp3) is 0.848. The van der Waals surface area contributed by atoms with E-state index in [1.165, 1.54) is 109 Å². The van der Waals surface area contributed by atoms with Crippen LogP contribution in [-0.4, -0.2) is 98.7 Å². The van der Waals surface area contributed by atoms with Gasteiger partial charge in [-0.25, -0.2) is 0 Å². The minimum Gasteiger partial charge on any atom is -0.394 e. The van der Waals surface area contributed by atoms with Crippen molar-refractivity contribution in [1.29, 1.82) is 0 Å². The van der Waals surface area contributed by atoms with Crippen LogP contribution in [0.1, 0.15) is 187 Å². The van der Waals surface area contributed by atoms with Crippen molar-refractivity contribution in [3.05, 3.63) is 36.5 Å². The summed E-state index contributed by atoms with van der Waals surface area (Å²) in [4.78, 5) is 13.0. The van der Waals surface area contributed by atoms with Gasteiger partial charge in [0.25, 0.3) is 0 Å². The van der Waals surface area contributed by atoms with Crippen LogP contribution >= 0.6 is 0 Å². The summed E-state index contributed by atoms with van der Waals surface area (Å²) in [6, 6.07) is -1.000. The highest BCUT2D eigenvalue weighted by atomic mass is 16.7. The molecule has 56 heavy (non-hydrogen) atoms. The minimum atomic E-state index is -1.62. The highest BCUT2D eigenvalue weighted by molar-refractivity contribution is 5.80. The fourth-order valence-electron chi connectivity index (χ4n) is 7.02. The van der Waals surface area contributed by atoms with Crippen molar-refractivity contribution in [3.8, 4) is 0 Å². The quantitative estimate of drug-likeness (QED) is 0.0242. The van der Waals surface area contributed by atoms with Crippen molar-refractivity contribution < 1.29 is 44.9 Å². The molecule has 1 aliphatic rings. The third-order valence-electron chi connectivity index (χ3n) is 10.8. The average Bonchev–Trinajstić information content (AvgIpc) is 3.20. The van der Waals surface area contributed by atoms with E-state index in [0.717, 1.165) is 44.9 Å². The lowest BCUT2D eigenvalue weighted by atomic mass is 9.99. The Balaban J connectivity index is 2.46. The molecule has 1 amide bonds. The zero-order valence-corrected chi connectivity index (χ0v) is 35.5. The Labute approximate surface area is 341 Å². The van der Waals surface area contributed by atoms with Gasteiger partial charge in [0.05, 0.1) is 25.4 Å². The fourth-order valence-corrected chi connectivity index (χ4v) is 7.02. The summed E-state index contributed by atoms with van der Waals surface area (Å²) < 4.78 is 11.1. The third kappa shape index (κ3) is 26.4. The van der Waals surface area contributed by atoms with Crippen LogP contribution in [0.3, 0.4) is 0 Å². The summed E-state index contributed by atoms with van der Waals surface area (Å²) in [5.74, 6) is -0.630. The van der Waals surface area contributed by atoms with Gasteiger partial charge >= 0.3 is 0 Å². The Hall–Kier alpha value is -1.63. The van der Waals surface area contributed by atoms with Gasteiger partial charge in [-0.15, -0.1) is 0 Å². The number of aliphatic hydroxyl groups is 6. The predicted octanol–water partition coefficient (Wildman–Crippen LogP) is 8.25. The van der Waals surface area contributed by atoms with Gasteiger partial charge in [-0.3, -0.25) is 4.79 Å². The molecule has 7 N–H and O–H groups in total. The lowest BCUT2D eigenvalue weighted by molar-refractivity contribution is -0.302. The SMILES string of the molecule is CCCCCCC/C=C/CC/C=C/CC/C=C/C(O)C(COC1OC(CO)C(O)C(O)C1O)NC(=O)C(O)CCCCCCCCCCCCCCCCCC. The van der Waals surface area contributed by atoms with Crippen molar-refractivity contribution >= 4 is 5.91 Å². The molecule has 10 nitrogen and oxygen atoms in total. The van der Waals surface area contributed by atoms with Crippen LogP contribution in [-0.2, 0) is 14.3 Å². The third-order valence-corrected chi connectivity index (χ3v) is 10.8. The van der Waals surface area contributed by atoms with Crippen LogP contribution in [0.25, 0.3) is 0 Å². The van der Waals surface area contributed by atoms with Gasteiger partial charge in [-0.2, -0.15) is 0 Å². The molecule has 8 atom stereocenters. The molecule has 1 fully saturated rings. The average molecular weight is 796 g/mol. The summed E-state index contributed by atoms with van der Waals surface area (Å²) in [5, 5.41) is 64.6. The number of hydrogen-bond acceptors (Lipinski definition) is 9. The van der Waals surface area contributed by atoms with Crippen LogP contribution in [0, 0.1) is 0 Å². The highest BCUT2D eigenvalue weighted by Gasteiger charge is 2.44. The van der Waals surface area contributed by atoms with E-state index in [-0.39, 0.29) is 6.61 Å². The molecule has 0 radical (unpaired) electrons. The van der Waals surface area contributed by atoms with Gasteiger partial charge in [0.2, 0.25) is 5.91 Å². The smallest absolute Gasteiger partial charge is 0.249 e. The first-order valence-electron chi connectivity index (χ1n) is 22.8. The number of carbonyl (C=O) groups excluding carboxylic acids is 1. The maximum atomic E-state index is 13.0. The Morgan fingerprint density at radius 3 is 1.55 bits per heavy atom. The van der Waals surface area contributed by atoms with Crippen molar-refractivity contribution in [3.63, 3.8) is 0 Å². The molecule has 0 bridgehead atoms. The molecule has 1 heterocycles. The minimum absolute atomic E-state index is 0.303. The van der Waals surface area contributed by atoms with Gasteiger partial charge in [0.1, 0.15) is 30.5 Å². The molecule has 1 rings (SSSR count). The molecule has 10 heteroatoms. The van der Waals surface area contributed by atoms with E-state index in [1.807, 2.05) is 6.08 Å². The summed E-state index contributed by atoms with van der Waals surface area (Å²) in [5.41, 5.74) is 0. The van der Waals surface area contributed by atoms with Crippen molar-refractivity contribution in [2.75, 3.05) is 13.2 Å². The number of unbranched alkanes of at least 4 members (excludes halogenated alkanes) is 22. The number of hydrogen-bond donors (Lipinski definition) is 7. The molecular weight excluding hydrogens is 711 g/mol. The van der Waals surface area contributed by atoms with Crippen molar-refractivity contribution in [2.24, 2.45) is 0 Å². The number of amides is 1. The van der Waals surface area contributed by atoms with Gasteiger partial charge in [0, 0.05) is 0 Å². The Morgan fingerprint density at radius 1 is 0.607 bits per heavy atom. The molecule has 328 valence electrons. The van der Waals surface area contributed by atoms with E-state index in [1.54, 1.807) is 6.08 Å². The largest absolute Gasteiger partial charge is 0.394 e. The molecule has 8 unspecified atom stereocenters. The topological polar surface area (TPSA) is 169 Å². The maximum Gasteiger partial charge on any atom is 0.249 e. The first-order valence-corrected chi connectivity index (χ1v) is 22.8. The first kappa shape index (κ1) is 52.4. The second-order valence-corrected chi connectivity index (χ2v) is 16.0. The number of nitrogens with one attached hydrogen (secondary N) is 1. The van der Waals surface area contributed by atoms with Gasteiger partial charge in [-0.05, 0) is 44.9 Å². The van der Waals surface area contributed by atoms with E-state index in [9.17, 15) is 35.4 Å². The second kappa shape index (κ2) is 36.4. The Kier molecular flexibility index (Phi) is 34.1. The predicted molar refractivity (Wildman–Crippen MR) is 227 cm³/mol. The summed E-state index contributed by atoms with van der Waals surface area (Å²) in [6.07, 6.45) is 33.7. The summed E-state index contributed by atoms with van der Waals surface area (Å²) in [7, 11) is 0. The molecule has 0 saturated carbocycles. The molecular formula is C46H85NO9. The van der Waals surface area contributed by atoms with Crippen LogP contribution in [0.2, 0.25) is 0 Å². The highest BCUT2D eigenvalue weighted by Crippen LogP contribution is 2.22. The van der Waals surface area contributed by atoms with Crippen LogP contribution in [0.5, 0.6) is 0 Å². The lowest BCUT2D eigenvalue weighted by Gasteiger charge is -2.40. The zero-order valence-electron chi connectivity index (χ0n) is 35.5. The molecule has 0 aromatic carbocycles. The summed E-state index contributed by atoms with van der Waals surface area (Å²) in [6.45, 7) is 3.56. The normalized spacial score (nSPS) is 22.0. The zero-order chi connectivity index (χ0) is 41.1. The molecule has 0 aromatic heterocycles. The number of carbonyl (C=O) groups is 1. The van der Waals surface area contributed by atoms with Crippen molar-refractivity contribution in [2.45, 2.75) is 236 Å². The summed E-state index contributed by atoms with van der Waals surface area (Å²) >= 11 is 0. The molecule has 0 aromatic rings. The van der Waals surface area contributed by atoms with E-state index < -0.39 is 61.5 Å². The number of ether oxygens (including phenoxy) is 2. The van der Waals surface area contributed by atoms with E-state index >= 15 is 0 Å². The Morgan fingerprint density at radius 2 is 1.05 bits per heavy atom. The van der Waals surface area contributed by atoms with Crippen LogP contribution in [0.15, 0.2) is 36.5 Å². The maximum absolute atomic E-state index is 13.0. The van der Waals surface area contributed by atoms with Crippen LogP contribution in [0.4, 0.5) is 0 Å². The van der Waals surface area contributed by atoms with Gasteiger partial charge in [0.15, 0.2) is 6.29 Å². The number of aliphatic hydroxyl groups excluding tert-OH is 6. The second-order valence-electron chi connectivity index (χ2n) is 16.0. The standard InChI is InChI=1S/C46H85NO9/c1-3-5-7-9-11-13-15-17-19-21-23-25-27-29-31-33-35-40(50)45(54)47-38(37-55-46-44(53)43(52)42(51)41(36-48)56-46)39(49)34-32-30-28-26-24-22-20-18-16-14-12-10-8-6-4-2/h16,18,24,26,32,34,38-44,46,48-53H,3-15,17,19-23,25,27-31,33,35-37H2,1-2H3,(H,47,54)/b18-16+,26-24+,34-32+. The lowest BCUT2D eigenvalue weighted by Crippen LogP contribution is -2.60. The monoisotopic (exact) mass is 796 g/mol. The molecule has 0 spiro atoms. The van der Waals surface area contributed by atoms with E-state index in [4.69, 9.17) is 9.47 Å².